The Morgan fingerprint density at radius 2 is 1.95 bits per heavy atom. The molecule has 1 heterocycles. The van der Waals surface area contributed by atoms with Crippen LogP contribution in [0.3, 0.4) is 0 Å². The molecule has 2 atom stereocenters. The standard InChI is InChI=1S/C17H27NO/c1-7-8-14-15(18-6)12-9-11(2)10-13(16(12)19-14)17(3,4)5/h9-10,14-15,18H,7-8H2,1-6H3. The normalized spacial score (nSPS) is 22.2. The van der Waals surface area contributed by atoms with Gasteiger partial charge in [-0.3, -0.25) is 0 Å². The van der Waals surface area contributed by atoms with E-state index in [1.54, 1.807) is 0 Å². The summed E-state index contributed by atoms with van der Waals surface area (Å²) in [5, 5.41) is 3.44. The molecule has 19 heavy (non-hydrogen) atoms. The molecule has 0 radical (unpaired) electrons. The van der Waals surface area contributed by atoms with Crippen LogP contribution in [0.15, 0.2) is 12.1 Å². The molecule has 106 valence electrons. The van der Waals surface area contributed by atoms with E-state index >= 15 is 0 Å². The molecule has 0 saturated carbocycles. The molecular formula is C17H27NO. The van der Waals surface area contributed by atoms with E-state index < -0.39 is 0 Å². The van der Waals surface area contributed by atoms with Gasteiger partial charge < -0.3 is 10.1 Å². The van der Waals surface area contributed by atoms with Gasteiger partial charge in [-0.2, -0.15) is 0 Å². The number of fused-ring (bicyclic) bond motifs is 1. The maximum absolute atomic E-state index is 6.30. The van der Waals surface area contributed by atoms with E-state index in [1.807, 2.05) is 7.05 Å². The van der Waals surface area contributed by atoms with Crippen molar-refractivity contribution in [2.45, 2.75) is 65.0 Å². The van der Waals surface area contributed by atoms with Crippen molar-refractivity contribution >= 4 is 0 Å². The highest BCUT2D eigenvalue weighted by Crippen LogP contribution is 2.45. The maximum atomic E-state index is 6.30. The van der Waals surface area contributed by atoms with Crippen molar-refractivity contribution in [2.75, 3.05) is 7.05 Å². The van der Waals surface area contributed by atoms with Gasteiger partial charge in [-0.05, 0) is 25.8 Å². The first-order valence-corrected chi connectivity index (χ1v) is 7.37. The summed E-state index contributed by atoms with van der Waals surface area (Å²) < 4.78 is 6.30. The Labute approximate surface area is 117 Å². The van der Waals surface area contributed by atoms with E-state index in [4.69, 9.17) is 4.74 Å². The fourth-order valence-corrected chi connectivity index (χ4v) is 2.99. The molecule has 2 unspecified atom stereocenters. The van der Waals surface area contributed by atoms with Crippen LogP contribution in [0.4, 0.5) is 0 Å². The van der Waals surface area contributed by atoms with Gasteiger partial charge in [-0.15, -0.1) is 0 Å². The molecule has 0 saturated heterocycles. The van der Waals surface area contributed by atoms with Crippen LogP contribution < -0.4 is 10.1 Å². The van der Waals surface area contributed by atoms with E-state index in [-0.39, 0.29) is 11.5 Å². The number of hydrogen-bond acceptors (Lipinski definition) is 2. The fraction of sp³-hybridized carbons (Fsp3) is 0.647. The molecule has 1 aliphatic rings. The summed E-state index contributed by atoms with van der Waals surface area (Å²) in [6, 6.07) is 4.89. The minimum Gasteiger partial charge on any atom is -0.488 e. The van der Waals surface area contributed by atoms with E-state index in [9.17, 15) is 0 Å². The molecule has 2 nitrogen and oxygen atoms in total. The minimum absolute atomic E-state index is 0.121. The average Bonchev–Trinajstić information content (AvgIpc) is 2.64. The molecular weight excluding hydrogens is 234 g/mol. The lowest BCUT2D eigenvalue weighted by Crippen LogP contribution is -2.28. The molecule has 0 amide bonds. The summed E-state index contributed by atoms with van der Waals surface area (Å²) in [5.74, 6) is 1.12. The lowest BCUT2D eigenvalue weighted by molar-refractivity contribution is 0.179. The van der Waals surface area contributed by atoms with Crippen LogP contribution in [0.5, 0.6) is 5.75 Å². The van der Waals surface area contributed by atoms with Crippen LogP contribution in [0.2, 0.25) is 0 Å². The zero-order valence-electron chi connectivity index (χ0n) is 13.1. The highest BCUT2D eigenvalue weighted by molar-refractivity contribution is 5.52. The number of aryl methyl sites for hydroxylation is 1. The Kier molecular flexibility index (Phi) is 3.91. The predicted molar refractivity (Wildman–Crippen MR) is 81.0 cm³/mol. The third-order valence-electron chi connectivity index (χ3n) is 3.93. The molecule has 0 aliphatic carbocycles. The van der Waals surface area contributed by atoms with Crippen LogP contribution in [0.1, 0.15) is 63.3 Å². The number of hydrogen-bond donors (Lipinski definition) is 1. The Hall–Kier alpha value is -1.02. The monoisotopic (exact) mass is 261 g/mol. The first-order valence-electron chi connectivity index (χ1n) is 7.37. The Balaban J connectivity index is 2.51. The number of likely N-dealkylation sites (N-methyl/N-ethyl adjacent to an activating group) is 1. The number of nitrogens with one attached hydrogen (secondary N) is 1. The minimum atomic E-state index is 0.121. The molecule has 0 fully saturated rings. The van der Waals surface area contributed by atoms with Crippen molar-refractivity contribution in [3.63, 3.8) is 0 Å². The smallest absolute Gasteiger partial charge is 0.128 e. The summed E-state index contributed by atoms with van der Waals surface area (Å²) in [6.07, 6.45) is 2.52. The van der Waals surface area contributed by atoms with Crippen molar-refractivity contribution < 1.29 is 4.74 Å². The second kappa shape index (κ2) is 5.16. The first-order chi connectivity index (χ1) is 8.88. The highest BCUT2D eigenvalue weighted by atomic mass is 16.5. The Bertz CT molecular complexity index is 459. The second-order valence-electron chi connectivity index (χ2n) is 6.69. The number of benzene rings is 1. The van der Waals surface area contributed by atoms with Gasteiger partial charge >= 0.3 is 0 Å². The van der Waals surface area contributed by atoms with Gasteiger partial charge in [0.05, 0.1) is 6.04 Å². The molecule has 2 rings (SSSR count). The topological polar surface area (TPSA) is 21.3 Å². The second-order valence-corrected chi connectivity index (χ2v) is 6.69. The van der Waals surface area contributed by atoms with Crippen molar-refractivity contribution in [3.05, 3.63) is 28.8 Å². The van der Waals surface area contributed by atoms with Crippen molar-refractivity contribution in [1.82, 2.24) is 5.32 Å². The van der Waals surface area contributed by atoms with E-state index in [0.29, 0.717) is 6.04 Å². The largest absolute Gasteiger partial charge is 0.488 e. The molecule has 0 spiro atoms. The van der Waals surface area contributed by atoms with Gasteiger partial charge in [0.15, 0.2) is 0 Å². The summed E-state index contributed by atoms with van der Waals surface area (Å²) >= 11 is 0. The first kappa shape index (κ1) is 14.4. The average molecular weight is 261 g/mol. The van der Waals surface area contributed by atoms with E-state index in [2.05, 4.69) is 52.1 Å². The zero-order chi connectivity index (χ0) is 14.2. The van der Waals surface area contributed by atoms with Crippen LogP contribution in [0, 0.1) is 6.92 Å². The highest BCUT2D eigenvalue weighted by Gasteiger charge is 2.36. The van der Waals surface area contributed by atoms with Crippen LogP contribution in [-0.4, -0.2) is 13.2 Å². The summed E-state index contributed by atoms with van der Waals surface area (Å²) in [6.45, 7) is 11.2. The predicted octanol–water partition coefficient (Wildman–Crippen LogP) is 4.11. The van der Waals surface area contributed by atoms with Crippen LogP contribution in [0.25, 0.3) is 0 Å². The Morgan fingerprint density at radius 3 is 2.47 bits per heavy atom. The lowest BCUT2D eigenvalue weighted by Gasteiger charge is -2.23. The lowest BCUT2D eigenvalue weighted by atomic mass is 9.83. The fourth-order valence-electron chi connectivity index (χ4n) is 2.99. The number of rotatable bonds is 3. The van der Waals surface area contributed by atoms with Gasteiger partial charge in [0, 0.05) is 11.1 Å². The van der Waals surface area contributed by atoms with Gasteiger partial charge in [0.25, 0.3) is 0 Å². The number of ether oxygens (including phenoxy) is 1. The molecule has 1 aromatic carbocycles. The third kappa shape index (κ3) is 2.64. The van der Waals surface area contributed by atoms with Crippen LogP contribution >= 0.6 is 0 Å². The van der Waals surface area contributed by atoms with E-state index in [0.717, 1.165) is 18.6 Å². The molecule has 0 bridgehead atoms. The molecule has 1 N–H and O–H groups in total. The summed E-state index contributed by atoms with van der Waals surface area (Å²) in [4.78, 5) is 0. The van der Waals surface area contributed by atoms with E-state index in [1.165, 1.54) is 16.7 Å². The Morgan fingerprint density at radius 1 is 1.26 bits per heavy atom. The molecule has 1 aromatic rings. The van der Waals surface area contributed by atoms with Gasteiger partial charge in [0.2, 0.25) is 0 Å². The van der Waals surface area contributed by atoms with Crippen LogP contribution in [-0.2, 0) is 5.41 Å². The third-order valence-corrected chi connectivity index (χ3v) is 3.93. The molecule has 2 heteroatoms. The zero-order valence-corrected chi connectivity index (χ0v) is 13.1. The molecule has 1 aliphatic heterocycles. The van der Waals surface area contributed by atoms with Gasteiger partial charge in [-0.25, -0.2) is 0 Å². The van der Waals surface area contributed by atoms with Gasteiger partial charge in [0.1, 0.15) is 11.9 Å². The summed E-state index contributed by atoms with van der Waals surface area (Å²) in [7, 11) is 2.03. The van der Waals surface area contributed by atoms with Crippen molar-refractivity contribution in [3.8, 4) is 5.75 Å². The van der Waals surface area contributed by atoms with Crippen molar-refractivity contribution in [1.29, 1.82) is 0 Å². The van der Waals surface area contributed by atoms with Gasteiger partial charge in [-0.1, -0.05) is 51.8 Å². The van der Waals surface area contributed by atoms with Crippen molar-refractivity contribution in [2.24, 2.45) is 0 Å². The quantitative estimate of drug-likeness (QED) is 0.884. The molecule has 0 aromatic heterocycles. The SMILES string of the molecule is CCCC1Oc2c(cc(C)cc2C(C)(C)C)C1NC. The summed E-state index contributed by atoms with van der Waals surface area (Å²) in [5.41, 5.74) is 4.12. The maximum Gasteiger partial charge on any atom is 0.128 e.